The minimum atomic E-state index is 0.225. The SMILES string of the molecule is COc1cccc(C(CNC(=O)C2CCCCC2)N2CCCC2)c1. The maximum Gasteiger partial charge on any atom is 0.223 e. The average molecular weight is 330 g/mol. The van der Waals surface area contributed by atoms with Gasteiger partial charge in [-0.15, -0.1) is 0 Å². The van der Waals surface area contributed by atoms with Crippen LogP contribution in [0.1, 0.15) is 56.6 Å². The van der Waals surface area contributed by atoms with E-state index in [9.17, 15) is 4.79 Å². The van der Waals surface area contributed by atoms with Gasteiger partial charge in [0.25, 0.3) is 0 Å². The van der Waals surface area contributed by atoms with Crippen LogP contribution in [0.2, 0.25) is 0 Å². The molecule has 4 heteroatoms. The lowest BCUT2D eigenvalue weighted by Gasteiger charge is -2.29. The average Bonchev–Trinajstić information content (AvgIpc) is 3.17. The second-order valence-corrected chi connectivity index (χ2v) is 7.12. The highest BCUT2D eigenvalue weighted by atomic mass is 16.5. The van der Waals surface area contributed by atoms with Gasteiger partial charge in [0, 0.05) is 12.5 Å². The molecular weight excluding hydrogens is 300 g/mol. The van der Waals surface area contributed by atoms with E-state index in [4.69, 9.17) is 4.74 Å². The number of benzene rings is 1. The molecule has 4 nitrogen and oxygen atoms in total. The number of methoxy groups -OCH3 is 1. The van der Waals surface area contributed by atoms with Crippen LogP contribution in [0.3, 0.4) is 0 Å². The molecule has 0 radical (unpaired) electrons. The quantitative estimate of drug-likeness (QED) is 0.867. The zero-order valence-electron chi connectivity index (χ0n) is 14.8. The molecule has 2 aliphatic rings. The highest BCUT2D eigenvalue weighted by molar-refractivity contribution is 5.78. The lowest BCUT2D eigenvalue weighted by atomic mass is 9.88. The first-order valence-electron chi connectivity index (χ1n) is 9.43. The number of nitrogens with one attached hydrogen (secondary N) is 1. The van der Waals surface area contributed by atoms with Crippen molar-refractivity contribution in [2.24, 2.45) is 5.92 Å². The second kappa shape index (κ2) is 8.52. The van der Waals surface area contributed by atoms with Crippen LogP contribution in [-0.4, -0.2) is 37.6 Å². The van der Waals surface area contributed by atoms with Gasteiger partial charge in [-0.3, -0.25) is 9.69 Å². The van der Waals surface area contributed by atoms with Gasteiger partial charge >= 0.3 is 0 Å². The van der Waals surface area contributed by atoms with Crippen molar-refractivity contribution in [3.63, 3.8) is 0 Å². The Balaban J connectivity index is 1.66. The topological polar surface area (TPSA) is 41.6 Å². The molecule has 2 fully saturated rings. The molecule has 1 atom stereocenters. The molecule has 1 aromatic rings. The van der Waals surface area contributed by atoms with Crippen LogP contribution in [0.25, 0.3) is 0 Å². The molecule has 1 unspecified atom stereocenters. The molecule has 1 heterocycles. The van der Waals surface area contributed by atoms with E-state index in [1.165, 1.54) is 37.7 Å². The predicted octanol–water partition coefficient (Wildman–Crippen LogP) is 3.53. The molecule has 1 aromatic carbocycles. The fraction of sp³-hybridized carbons (Fsp3) is 0.650. The number of carbonyl (C=O) groups is 1. The highest BCUT2D eigenvalue weighted by Gasteiger charge is 2.26. The summed E-state index contributed by atoms with van der Waals surface area (Å²) in [5.41, 5.74) is 1.24. The molecule has 0 aromatic heterocycles. The van der Waals surface area contributed by atoms with Crippen molar-refractivity contribution in [1.82, 2.24) is 10.2 Å². The molecule has 0 spiro atoms. The molecule has 1 saturated carbocycles. The van der Waals surface area contributed by atoms with Crippen molar-refractivity contribution in [2.75, 3.05) is 26.7 Å². The van der Waals surface area contributed by atoms with Gasteiger partial charge in [-0.05, 0) is 56.5 Å². The minimum absolute atomic E-state index is 0.225. The molecule has 132 valence electrons. The zero-order chi connectivity index (χ0) is 16.8. The molecule has 1 amide bonds. The van der Waals surface area contributed by atoms with Gasteiger partial charge in [0.05, 0.1) is 13.2 Å². The van der Waals surface area contributed by atoms with E-state index in [1.807, 2.05) is 12.1 Å². The van der Waals surface area contributed by atoms with Crippen molar-refractivity contribution >= 4 is 5.91 Å². The van der Waals surface area contributed by atoms with Gasteiger partial charge in [-0.1, -0.05) is 31.4 Å². The third-order valence-corrected chi connectivity index (χ3v) is 5.51. The van der Waals surface area contributed by atoms with Gasteiger partial charge in [-0.25, -0.2) is 0 Å². The summed E-state index contributed by atoms with van der Waals surface area (Å²) in [5.74, 6) is 1.36. The Morgan fingerprint density at radius 2 is 1.96 bits per heavy atom. The number of likely N-dealkylation sites (tertiary alicyclic amines) is 1. The van der Waals surface area contributed by atoms with Crippen LogP contribution in [0.15, 0.2) is 24.3 Å². The third-order valence-electron chi connectivity index (χ3n) is 5.51. The number of amides is 1. The van der Waals surface area contributed by atoms with E-state index in [2.05, 4.69) is 22.3 Å². The van der Waals surface area contributed by atoms with Crippen molar-refractivity contribution < 1.29 is 9.53 Å². The summed E-state index contributed by atoms with van der Waals surface area (Å²) in [5, 5.41) is 3.24. The summed E-state index contributed by atoms with van der Waals surface area (Å²) in [6.07, 6.45) is 8.28. The smallest absolute Gasteiger partial charge is 0.223 e. The molecule has 24 heavy (non-hydrogen) atoms. The Hall–Kier alpha value is -1.55. The van der Waals surface area contributed by atoms with Gasteiger partial charge < -0.3 is 10.1 Å². The van der Waals surface area contributed by atoms with Crippen molar-refractivity contribution in [3.8, 4) is 5.75 Å². The normalized spacial score (nSPS) is 20.7. The standard InChI is InChI=1S/C20H30N2O2/c1-24-18-11-7-10-17(14-18)19(22-12-5-6-13-22)15-21-20(23)16-8-3-2-4-9-16/h7,10-11,14,16,19H,2-6,8-9,12-13,15H2,1H3,(H,21,23). The van der Waals surface area contributed by atoms with Crippen molar-refractivity contribution in [3.05, 3.63) is 29.8 Å². The third kappa shape index (κ3) is 4.29. The lowest BCUT2D eigenvalue weighted by Crippen LogP contribution is -2.39. The van der Waals surface area contributed by atoms with Crippen LogP contribution in [0, 0.1) is 5.92 Å². The van der Waals surface area contributed by atoms with E-state index in [-0.39, 0.29) is 17.9 Å². The largest absolute Gasteiger partial charge is 0.497 e. The summed E-state index contributed by atoms with van der Waals surface area (Å²) < 4.78 is 5.38. The van der Waals surface area contributed by atoms with E-state index >= 15 is 0 Å². The molecule has 1 N–H and O–H groups in total. The van der Waals surface area contributed by atoms with Crippen LogP contribution in [0.4, 0.5) is 0 Å². The number of rotatable bonds is 6. The van der Waals surface area contributed by atoms with E-state index < -0.39 is 0 Å². The van der Waals surface area contributed by atoms with Gasteiger partial charge in [0.2, 0.25) is 5.91 Å². The molecule has 3 rings (SSSR count). The van der Waals surface area contributed by atoms with Crippen LogP contribution in [-0.2, 0) is 4.79 Å². The number of nitrogens with zero attached hydrogens (tertiary/aromatic N) is 1. The molecule has 1 aliphatic heterocycles. The van der Waals surface area contributed by atoms with Crippen molar-refractivity contribution in [1.29, 1.82) is 0 Å². The van der Waals surface area contributed by atoms with Crippen LogP contribution in [0.5, 0.6) is 5.75 Å². The first kappa shape index (κ1) is 17.3. The van der Waals surface area contributed by atoms with Gasteiger partial charge in [0.15, 0.2) is 0 Å². The number of ether oxygens (including phenoxy) is 1. The fourth-order valence-corrected chi connectivity index (χ4v) is 4.07. The summed E-state index contributed by atoms with van der Waals surface area (Å²) in [4.78, 5) is 15.0. The molecular formula is C20H30N2O2. The van der Waals surface area contributed by atoms with E-state index in [1.54, 1.807) is 7.11 Å². The number of hydrogen-bond acceptors (Lipinski definition) is 3. The molecule has 1 aliphatic carbocycles. The van der Waals surface area contributed by atoms with E-state index in [0.29, 0.717) is 6.54 Å². The summed E-state index contributed by atoms with van der Waals surface area (Å²) >= 11 is 0. The van der Waals surface area contributed by atoms with E-state index in [0.717, 1.165) is 31.7 Å². The van der Waals surface area contributed by atoms with Crippen LogP contribution >= 0.6 is 0 Å². The Labute approximate surface area is 145 Å². The summed E-state index contributed by atoms with van der Waals surface area (Å²) in [6, 6.07) is 8.52. The Kier molecular flexibility index (Phi) is 6.13. The van der Waals surface area contributed by atoms with Crippen molar-refractivity contribution in [2.45, 2.75) is 51.0 Å². The predicted molar refractivity (Wildman–Crippen MR) is 96.1 cm³/mol. The summed E-state index contributed by atoms with van der Waals surface area (Å²) in [6.45, 7) is 2.92. The maximum atomic E-state index is 12.5. The maximum absolute atomic E-state index is 12.5. The molecule has 0 bridgehead atoms. The highest BCUT2D eigenvalue weighted by Crippen LogP contribution is 2.28. The second-order valence-electron chi connectivity index (χ2n) is 7.12. The lowest BCUT2D eigenvalue weighted by molar-refractivity contribution is -0.126. The van der Waals surface area contributed by atoms with Crippen LogP contribution < -0.4 is 10.1 Å². The van der Waals surface area contributed by atoms with Gasteiger partial charge in [-0.2, -0.15) is 0 Å². The number of hydrogen-bond donors (Lipinski definition) is 1. The monoisotopic (exact) mass is 330 g/mol. The fourth-order valence-electron chi connectivity index (χ4n) is 4.07. The Morgan fingerprint density at radius 1 is 1.21 bits per heavy atom. The Bertz CT molecular complexity index is 534. The number of carbonyl (C=O) groups excluding carboxylic acids is 1. The first-order chi connectivity index (χ1) is 11.8. The minimum Gasteiger partial charge on any atom is -0.497 e. The first-order valence-corrected chi connectivity index (χ1v) is 9.43. The zero-order valence-corrected chi connectivity index (χ0v) is 14.8. The van der Waals surface area contributed by atoms with Gasteiger partial charge in [0.1, 0.15) is 5.75 Å². The Morgan fingerprint density at radius 3 is 2.67 bits per heavy atom. The molecule has 1 saturated heterocycles. The summed E-state index contributed by atoms with van der Waals surface area (Å²) in [7, 11) is 1.70.